The molecular weight excluding hydrogens is 206 g/mol. The van der Waals surface area contributed by atoms with Crippen LogP contribution in [0.1, 0.15) is 39.0 Å². The summed E-state index contributed by atoms with van der Waals surface area (Å²) in [5, 5.41) is 0. The molecule has 4 nitrogen and oxygen atoms in total. The van der Waals surface area contributed by atoms with Crippen LogP contribution in [0.5, 0.6) is 0 Å². The minimum absolute atomic E-state index is 0.0243. The second kappa shape index (κ2) is 2.86. The number of epoxide rings is 1. The molecule has 3 fully saturated rings. The summed E-state index contributed by atoms with van der Waals surface area (Å²) in [7, 11) is 0. The number of carbonyl (C=O) groups excluding carboxylic acids is 2. The molecular formula is C12H17NO3. The molecule has 0 aromatic carbocycles. The third-order valence-corrected chi connectivity index (χ3v) is 4.84. The smallest absolute Gasteiger partial charge is 0.228 e. The monoisotopic (exact) mass is 223 g/mol. The second-order valence-electron chi connectivity index (χ2n) is 5.72. The van der Waals surface area contributed by atoms with Gasteiger partial charge in [0.15, 0.2) is 5.78 Å². The Morgan fingerprint density at radius 1 is 1.44 bits per heavy atom. The number of nitrogens with two attached hydrogens (primary N) is 1. The lowest BCUT2D eigenvalue weighted by atomic mass is 9.57. The molecule has 0 aromatic rings. The number of primary amides is 1. The van der Waals surface area contributed by atoms with Gasteiger partial charge in [0.1, 0.15) is 11.7 Å². The maximum absolute atomic E-state index is 12.0. The number of hydrogen-bond donors (Lipinski definition) is 1. The first-order chi connectivity index (χ1) is 7.50. The van der Waals surface area contributed by atoms with Crippen LogP contribution in [0.4, 0.5) is 0 Å². The van der Waals surface area contributed by atoms with Crippen molar-refractivity contribution in [3.8, 4) is 0 Å². The molecule has 1 spiro atoms. The average Bonchev–Trinajstić information content (AvgIpc) is 2.95. The van der Waals surface area contributed by atoms with Crippen molar-refractivity contribution in [3.05, 3.63) is 0 Å². The molecule has 1 unspecified atom stereocenters. The molecule has 4 heteroatoms. The number of rotatable bonds is 1. The van der Waals surface area contributed by atoms with Crippen molar-refractivity contribution in [2.75, 3.05) is 0 Å². The molecule has 3 aliphatic rings. The molecule has 1 aliphatic heterocycles. The Bertz CT molecular complexity index is 380. The van der Waals surface area contributed by atoms with E-state index in [2.05, 4.69) is 6.92 Å². The van der Waals surface area contributed by atoms with E-state index < -0.39 is 11.8 Å². The van der Waals surface area contributed by atoms with Crippen LogP contribution < -0.4 is 5.73 Å². The van der Waals surface area contributed by atoms with Gasteiger partial charge in [-0.2, -0.15) is 0 Å². The van der Waals surface area contributed by atoms with E-state index >= 15 is 0 Å². The summed E-state index contributed by atoms with van der Waals surface area (Å²) >= 11 is 0. The maximum Gasteiger partial charge on any atom is 0.228 e. The summed E-state index contributed by atoms with van der Waals surface area (Å²) in [6.07, 6.45) is 4.53. The number of ketones is 1. The predicted octanol–water partition coefficient (Wildman–Crippen LogP) is 0.779. The molecule has 0 bridgehead atoms. The fraction of sp³-hybridized carbons (Fsp3) is 0.833. The summed E-state index contributed by atoms with van der Waals surface area (Å²) in [5.74, 6) is -1.18. The molecule has 16 heavy (non-hydrogen) atoms. The number of ether oxygens (including phenoxy) is 1. The Hall–Kier alpha value is -0.900. The molecule has 1 heterocycles. The van der Waals surface area contributed by atoms with Crippen LogP contribution in [-0.2, 0) is 14.3 Å². The summed E-state index contributed by atoms with van der Waals surface area (Å²) in [6.45, 7) is 2.15. The molecule has 0 radical (unpaired) electrons. The highest BCUT2D eigenvalue weighted by molar-refractivity contribution is 6.05. The van der Waals surface area contributed by atoms with E-state index in [1.165, 1.54) is 0 Å². The number of Topliss-reactive ketones (excluding diaryl/α,β-unsaturated/α-hetero) is 1. The third kappa shape index (κ3) is 1.03. The van der Waals surface area contributed by atoms with Crippen LogP contribution >= 0.6 is 0 Å². The highest BCUT2D eigenvalue weighted by atomic mass is 16.6. The molecule has 0 aromatic heterocycles. The zero-order valence-electron chi connectivity index (χ0n) is 9.49. The Balaban J connectivity index is 1.96. The minimum Gasteiger partial charge on any atom is -0.369 e. The van der Waals surface area contributed by atoms with E-state index in [1.54, 1.807) is 0 Å². The van der Waals surface area contributed by atoms with Crippen LogP contribution in [0, 0.1) is 11.3 Å². The van der Waals surface area contributed by atoms with Crippen molar-refractivity contribution in [2.45, 2.75) is 50.7 Å². The van der Waals surface area contributed by atoms with Gasteiger partial charge in [0, 0.05) is 5.41 Å². The molecule has 88 valence electrons. The van der Waals surface area contributed by atoms with Gasteiger partial charge in [0.05, 0.1) is 5.92 Å². The topological polar surface area (TPSA) is 72.7 Å². The Labute approximate surface area is 94.5 Å². The van der Waals surface area contributed by atoms with Gasteiger partial charge in [-0.15, -0.1) is 0 Å². The van der Waals surface area contributed by atoms with Crippen molar-refractivity contribution in [2.24, 2.45) is 17.1 Å². The van der Waals surface area contributed by atoms with E-state index in [1.807, 2.05) is 0 Å². The summed E-state index contributed by atoms with van der Waals surface area (Å²) in [5.41, 5.74) is 5.04. The van der Waals surface area contributed by atoms with Crippen molar-refractivity contribution >= 4 is 11.7 Å². The maximum atomic E-state index is 12.0. The SMILES string of the molecule is C[C@]12CCCC[C@@]13O[C@H]3C(=O)C(C(N)=O)C2. The van der Waals surface area contributed by atoms with Gasteiger partial charge in [0.2, 0.25) is 5.91 Å². The Morgan fingerprint density at radius 3 is 2.81 bits per heavy atom. The van der Waals surface area contributed by atoms with Gasteiger partial charge in [0.25, 0.3) is 0 Å². The Morgan fingerprint density at radius 2 is 2.12 bits per heavy atom. The first kappa shape index (κ1) is 10.3. The summed E-state index contributed by atoms with van der Waals surface area (Å²) in [4.78, 5) is 23.3. The highest BCUT2D eigenvalue weighted by Gasteiger charge is 2.74. The van der Waals surface area contributed by atoms with Crippen molar-refractivity contribution in [1.82, 2.24) is 0 Å². The van der Waals surface area contributed by atoms with E-state index in [0.717, 1.165) is 25.7 Å². The number of carbonyl (C=O) groups is 2. The van der Waals surface area contributed by atoms with Crippen molar-refractivity contribution < 1.29 is 14.3 Å². The quantitative estimate of drug-likeness (QED) is 0.527. The fourth-order valence-corrected chi connectivity index (χ4v) is 3.78. The minimum atomic E-state index is -0.622. The molecule has 2 N–H and O–H groups in total. The van der Waals surface area contributed by atoms with E-state index in [9.17, 15) is 9.59 Å². The van der Waals surface area contributed by atoms with Crippen molar-refractivity contribution in [3.63, 3.8) is 0 Å². The first-order valence-corrected chi connectivity index (χ1v) is 6.01. The number of hydrogen-bond acceptors (Lipinski definition) is 3. The van der Waals surface area contributed by atoms with E-state index in [-0.39, 0.29) is 22.9 Å². The zero-order valence-corrected chi connectivity index (χ0v) is 9.49. The fourth-order valence-electron chi connectivity index (χ4n) is 3.78. The van der Waals surface area contributed by atoms with Crippen LogP contribution in [0.3, 0.4) is 0 Å². The van der Waals surface area contributed by atoms with Gasteiger partial charge < -0.3 is 10.5 Å². The largest absolute Gasteiger partial charge is 0.369 e. The van der Waals surface area contributed by atoms with E-state index in [4.69, 9.17) is 10.5 Å². The van der Waals surface area contributed by atoms with Gasteiger partial charge in [-0.25, -0.2) is 0 Å². The standard InChI is InChI=1S/C12H17NO3/c1-11-4-2-3-5-12(11)9(16-12)8(14)7(6-11)10(13)15/h7,9H,2-6H2,1H3,(H2,13,15)/t7?,9-,11+,12-/m0/s1. The van der Waals surface area contributed by atoms with Crippen LogP contribution in [0.15, 0.2) is 0 Å². The van der Waals surface area contributed by atoms with Crippen molar-refractivity contribution in [1.29, 1.82) is 0 Å². The van der Waals surface area contributed by atoms with Gasteiger partial charge >= 0.3 is 0 Å². The van der Waals surface area contributed by atoms with E-state index in [0.29, 0.717) is 6.42 Å². The summed E-state index contributed by atoms with van der Waals surface area (Å²) < 4.78 is 5.71. The summed E-state index contributed by atoms with van der Waals surface area (Å²) in [6, 6.07) is 0. The van der Waals surface area contributed by atoms with Gasteiger partial charge in [-0.3, -0.25) is 9.59 Å². The van der Waals surface area contributed by atoms with Crippen LogP contribution in [-0.4, -0.2) is 23.4 Å². The molecule has 3 rings (SSSR count). The normalized spacial score (nSPS) is 50.4. The zero-order chi connectivity index (χ0) is 11.6. The third-order valence-electron chi connectivity index (χ3n) is 4.84. The Kier molecular flexibility index (Phi) is 1.83. The van der Waals surface area contributed by atoms with Crippen LogP contribution in [0.25, 0.3) is 0 Å². The average molecular weight is 223 g/mol. The lowest BCUT2D eigenvalue weighted by Gasteiger charge is -2.44. The molecule has 1 amide bonds. The molecule has 4 atom stereocenters. The lowest BCUT2D eigenvalue weighted by Crippen LogP contribution is -2.52. The second-order valence-corrected chi connectivity index (χ2v) is 5.72. The number of amides is 1. The predicted molar refractivity (Wildman–Crippen MR) is 56.5 cm³/mol. The van der Waals surface area contributed by atoms with Gasteiger partial charge in [-0.05, 0) is 19.3 Å². The van der Waals surface area contributed by atoms with Crippen LogP contribution in [0.2, 0.25) is 0 Å². The molecule has 1 saturated heterocycles. The highest BCUT2D eigenvalue weighted by Crippen LogP contribution is 2.64. The molecule has 2 saturated carbocycles. The lowest BCUT2D eigenvalue weighted by molar-refractivity contribution is -0.136. The first-order valence-electron chi connectivity index (χ1n) is 6.01. The van der Waals surface area contributed by atoms with Gasteiger partial charge in [-0.1, -0.05) is 19.8 Å². The molecule has 2 aliphatic carbocycles.